The number of hydrogen-bond donors (Lipinski definition) is 3. The third-order valence-corrected chi connectivity index (χ3v) is 9.67. The van der Waals surface area contributed by atoms with Crippen LogP contribution in [0.15, 0.2) is 42.9 Å². The molecule has 0 unspecified atom stereocenters. The second-order valence-corrected chi connectivity index (χ2v) is 12.6. The van der Waals surface area contributed by atoms with Gasteiger partial charge < -0.3 is 29.7 Å². The molecule has 0 bridgehead atoms. The first-order valence-electron chi connectivity index (χ1n) is 15.4. The molecular formula is C31H28ClF3N10O5. The maximum Gasteiger partial charge on any atom is 0.435 e. The number of fused-ring (bicyclic) bond motifs is 1. The number of H-pyrrole nitrogens is 1. The molecule has 4 aromatic rings. The van der Waals surface area contributed by atoms with Crippen molar-refractivity contribution in [2.45, 2.75) is 6.18 Å². The van der Waals surface area contributed by atoms with Crippen molar-refractivity contribution in [3.63, 3.8) is 0 Å². The maximum atomic E-state index is 13.9. The minimum atomic E-state index is -4.84. The number of likely N-dealkylation sites (tertiary alicyclic amines) is 1. The number of aromatic amines is 1. The van der Waals surface area contributed by atoms with Gasteiger partial charge in [0.25, 0.3) is 11.8 Å². The lowest BCUT2D eigenvalue weighted by Crippen LogP contribution is -2.51. The summed E-state index contributed by atoms with van der Waals surface area (Å²) in [6.07, 6.45) is -1.96. The lowest BCUT2D eigenvalue weighted by molar-refractivity contribution is -0.140. The minimum absolute atomic E-state index is 0.00805. The second kappa shape index (κ2) is 12.4. The summed E-state index contributed by atoms with van der Waals surface area (Å²) in [4.78, 5) is 67.5. The summed E-state index contributed by atoms with van der Waals surface area (Å²) < 4.78 is 43.0. The van der Waals surface area contributed by atoms with E-state index in [1.165, 1.54) is 53.2 Å². The number of halogens is 4. The van der Waals surface area contributed by atoms with E-state index >= 15 is 0 Å². The average Bonchev–Trinajstić information content (AvgIpc) is 3.46. The summed E-state index contributed by atoms with van der Waals surface area (Å²) in [6.45, 7) is 1.98. The summed E-state index contributed by atoms with van der Waals surface area (Å²) in [5, 5.41) is 17.6. The van der Waals surface area contributed by atoms with E-state index in [2.05, 4.69) is 30.5 Å². The zero-order valence-electron chi connectivity index (χ0n) is 26.2. The molecule has 1 saturated carbocycles. The zero-order chi connectivity index (χ0) is 35.5. The zero-order valence-corrected chi connectivity index (χ0v) is 26.9. The van der Waals surface area contributed by atoms with Gasteiger partial charge in [-0.05, 0) is 36.1 Å². The average molecular weight is 713 g/mol. The molecule has 50 heavy (non-hydrogen) atoms. The van der Waals surface area contributed by atoms with Gasteiger partial charge in [-0.25, -0.2) is 19.7 Å². The number of nitrogens with one attached hydrogen (secondary N) is 2. The Labute approximate surface area is 286 Å². The van der Waals surface area contributed by atoms with E-state index < -0.39 is 23.9 Å². The molecule has 1 aromatic carbocycles. The molecule has 3 fully saturated rings. The molecule has 0 spiro atoms. The molecule has 3 aromatic heterocycles. The van der Waals surface area contributed by atoms with Crippen molar-refractivity contribution in [3.8, 4) is 22.8 Å². The van der Waals surface area contributed by atoms with Crippen LogP contribution in [0.5, 0.6) is 0 Å². The molecule has 2 saturated heterocycles. The van der Waals surface area contributed by atoms with Gasteiger partial charge in [-0.3, -0.25) is 19.5 Å². The number of anilines is 1. The van der Waals surface area contributed by atoms with Gasteiger partial charge in [0.05, 0.1) is 28.0 Å². The van der Waals surface area contributed by atoms with Crippen LogP contribution in [-0.4, -0.2) is 113 Å². The molecule has 15 nitrogen and oxygen atoms in total. The number of carbonyl (C=O) groups is 4. The monoisotopic (exact) mass is 712 g/mol. The summed E-state index contributed by atoms with van der Waals surface area (Å²) in [6, 6.07) is 5.81. The minimum Gasteiger partial charge on any atom is -0.465 e. The van der Waals surface area contributed by atoms with E-state index in [-0.39, 0.29) is 87.5 Å². The number of hydrogen-bond acceptors (Lipinski definition) is 8. The van der Waals surface area contributed by atoms with Gasteiger partial charge in [0.2, 0.25) is 5.91 Å². The molecule has 260 valence electrons. The Kier molecular flexibility index (Phi) is 8.20. The third kappa shape index (κ3) is 5.88. The van der Waals surface area contributed by atoms with Crippen LogP contribution in [0.1, 0.15) is 26.7 Å². The molecule has 4 amide bonds. The first-order chi connectivity index (χ1) is 23.8. The summed E-state index contributed by atoms with van der Waals surface area (Å²) in [7, 11) is 1.38. The van der Waals surface area contributed by atoms with Crippen molar-refractivity contribution in [2.24, 2.45) is 24.8 Å². The van der Waals surface area contributed by atoms with E-state index in [0.717, 1.165) is 6.20 Å². The van der Waals surface area contributed by atoms with Crippen LogP contribution in [0.2, 0.25) is 5.02 Å². The summed E-state index contributed by atoms with van der Waals surface area (Å²) in [5.74, 6) is -1.43. The highest BCUT2D eigenvalue weighted by atomic mass is 35.5. The summed E-state index contributed by atoms with van der Waals surface area (Å²) >= 11 is 6.47. The van der Waals surface area contributed by atoms with E-state index in [0.29, 0.717) is 26.2 Å². The topological polar surface area (TPSA) is 183 Å². The third-order valence-electron chi connectivity index (χ3n) is 9.36. The Morgan fingerprint density at radius 2 is 1.64 bits per heavy atom. The predicted octanol–water partition coefficient (Wildman–Crippen LogP) is 3.33. The SMILES string of the molecule is Cn1c(-c2c(C(F)(F)F)n[nH]c2-c2ncccn2)cnc1C(=O)Nc1ccc(C(=O)N2CCN(C(=O)[C@@H]3[C@@H]4CN(C(=O)O)C[C@@H]43)CC2)c(Cl)c1. The number of piperidine rings is 1. The largest absolute Gasteiger partial charge is 0.465 e. The van der Waals surface area contributed by atoms with Crippen molar-refractivity contribution in [1.82, 2.24) is 44.4 Å². The van der Waals surface area contributed by atoms with Gasteiger partial charge in [0.15, 0.2) is 17.3 Å². The molecule has 2 aliphatic heterocycles. The number of imidazole rings is 1. The number of alkyl halides is 3. The Morgan fingerprint density at radius 1 is 0.980 bits per heavy atom. The number of benzene rings is 1. The van der Waals surface area contributed by atoms with Gasteiger partial charge in [-0.2, -0.15) is 18.3 Å². The standard InChI is InChI=1S/C31H28ClF3N10O5/c1-42-20(22-23(25-36-5-2-6-37-25)40-41-24(22)31(33,34)35)12-38-26(42)27(46)39-15-3-4-16(19(32)11-15)28(47)43-7-9-44(10-8-43)29(48)21-17-13-45(30(49)50)14-18(17)21/h2-6,11-12,17-18,21H,7-10,13-14H2,1H3,(H,39,46)(H,40,41)(H,49,50)/t17-,18+,21-. The number of aromatic nitrogens is 6. The van der Waals surface area contributed by atoms with Crippen LogP contribution in [0.25, 0.3) is 22.8 Å². The molecule has 1 aliphatic carbocycles. The molecular weight excluding hydrogens is 685 g/mol. The van der Waals surface area contributed by atoms with Crippen molar-refractivity contribution in [1.29, 1.82) is 0 Å². The first-order valence-corrected chi connectivity index (χ1v) is 15.8. The van der Waals surface area contributed by atoms with Gasteiger partial charge in [0.1, 0.15) is 5.69 Å². The van der Waals surface area contributed by atoms with Crippen LogP contribution < -0.4 is 5.32 Å². The Balaban J connectivity index is 1.00. The Morgan fingerprint density at radius 3 is 2.26 bits per heavy atom. The normalized spacial score (nSPS) is 20.1. The van der Waals surface area contributed by atoms with E-state index in [9.17, 15) is 32.3 Å². The number of piperazine rings is 1. The van der Waals surface area contributed by atoms with Crippen LogP contribution in [0.3, 0.4) is 0 Å². The van der Waals surface area contributed by atoms with Crippen molar-refractivity contribution in [2.75, 3.05) is 44.6 Å². The molecule has 0 radical (unpaired) electrons. The van der Waals surface area contributed by atoms with Crippen molar-refractivity contribution >= 4 is 41.1 Å². The molecule has 19 heteroatoms. The van der Waals surface area contributed by atoms with Gasteiger partial charge in [0, 0.05) is 70.3 Å². The molecule has 7 rings (SSSR count). The van der Waals surface area contributed by atoms with Gasteiger partial charge in [-0.15, -0.1) is 0 Å². The highest BCUT2D eigenvalue weighted by Crippen LogP contribution is 2.52. The number of carbonyl (C=O) groups excluding carboxylic acids is 3. The number of carboxylic acid groups (broad SMARTS) is 1. The van der Waals surface area contributed by atoms with E-state index in [4.69, 9.17) is 16.7 Å². The lowest BCUT2D eigenvalue weighted by atomic mass is 10.1. The smallest absolute Gasteiger partial charge is 0.435 e. The number of amides is 4. The Bertz CT molecular complexity index is 2000. The van der Waals surface area contributed by atoms with Crippen molar-refractivity contribution in [3.05, 3.63) is 65.0 Å². The van der Waals surface area contributed by atoms with Crippen LogP contribution in [-0.2, 0) is 18.0 Å². The fourth-order valence-electron chi connectivity index (χ4n) is 6.75. The maximum absolute atomic E-state index is 13.9. The predicted molar refractivity (Wildman–Crippen MR) is 169 cm³/mol. The highest BCUT2D eigenvalue weighted by Gasteiger charge is 2.61. The second-order valence-electron chi connectivity index (χ2n) is 12.2. The highest BCUT2D eigenvalue weighted by molar-refractivity contribution is 6.34. The fourth-order valence-corrected chi connectivity index (χ4v) is 7.01. The Hall–Kier alpha value is -5.52. The van der Waals surface area contributed by atoms with Gasteiger partial charge >= 0.3 is 12.3 Å². The van der Waals surface area contributed by atoms with Crippen LogP contribution >= 0.6 is 11.6 Å². The number of rotatable bonds is 6. The molecule has 3 aliphatic rings. The van der Waals surface area contributed by atoms with Crippen LogP contribution in [0.4, 0.5) is 23.7 Å². The quantitative estimate of drug-likeness (QED) is 0.270. The van der Waals surface area contributed by atoms with E-state index in [1.807, 2.05) is 0 Å². The lowest BCUT2D eigenvalue weighted by Gasteiger charge is -2.35. The molecule has 3 N–H and O–H groups in total. The molecule has 5 heterocycles. The van der Waals surface area contributed by atoms with Crippen LogP contribution in [0, 0.1) is 17.8 Å². The van der Waals surface area contributed by atoms with Gasteiger partial charge in [-0.1, -0.05) is 11.6 Å². The number of nitrogens with zero attached hydrogens (tertiary/aromatic N) is 8. The molecule has 3 atom stereocenters. The summed E-state index contributed by atoms with van der Waals surface area (Å²) in [5.41, 5.74) is -1.38. The van der Waals surface area contributed by atoms with Crippen molar-refractivity contribution < 1.29 is 37.5 Å². The van der Waals surface area contributed by atoms with E-state index in [1.54, 1.807) is 9.80 Å². The first kappa shape index (κ1) is 33.0. The fraction of sp³-hybridized carbons (Fsp3) is 0.355.